The van der Waals surface area contributed by atoms with Gasteiger partial charge in [-0.05, 0) is 91.0 Å². The summed E-state index contributed by atoms with van der Waals surface area (Å²) in [5.41, 5.74) is 9.04. The van der Waals surface area contributed by atoms with E-state index >= 15 is 0 Å². The monoisotopic (exact) mass is 792 g/mol. The first-order chi connectivity index (χ1) is 29.9. The van der Waals surface area contributed by atoms with Gasteiger partial charge in [-0.3, -0.25) is 0 Å². The standard InChI is InChI=1S/C54H32O7/c55-49-48(50(56)52(58)53(59)51(49)57)46-34-17-5-3-15-32(34)45(33-16-4-6-18-35(33)46)40-27-29(26-28-12-1-2-13-30(28)40)44-36(24-25-43-47(44)39-19-8-10-23-42(39)60-43)38-21-11-20-37-31-14-7-9-22-41(31)61-54(37)38/h1-27,55-59H. The molecular formula is C54H32O7. The minimum atomic E-state index is -1.01. The largest absolute Gasteiger partial charge is 0.504 e. The molecule has 12 aromatic rings. The predicted molar refractivity (Wildman–Crippen MR) is 244 cm³/mol. The Hall–Kier alpha value is -8.42. The van der Waals surface area contributed by atoms with Crippen molar-refractivity contribution in [2.45, 2.75) is 0 Å². The lowest BCUT2D eigenvalue weighted by Gasteiger charge is -2.21. The lowest BCUT2D eigenvalue weighted by molar-refractivity contribution is 0.330. The van der Waals surface area contributed by atoms with Gasteiger partial charge in [0.05, 0.1) is 5.56 Å². The van der Waals surface area contributed by atoms with Gasteiger partial charge in [0.2, 0.25) is 17.2 Å². The minimum absolute atomic E-state index is 0.201. The van der Waals surface area contributed by atoms with Crippen LogP contribution in [0.3, 0.4) is 0 Å². The molecule has 0 aliphatic heterocycles. The molecule has 0 aliphatic carbocycles. The second-order valence-electron chi connectivity index (χ2n) is 15.4. The Bertz CT molecular complexity index is 3750. The second kappa shape index (κ2) is 12.8. The average molecular weight is 793 g/mol. The molecule has 0 radical (unpaired) electrons. The van der Waals surface area contributed by atoms with Gasteiger partial charge in [-0.1, -0.05) is 127 Å². The third kappa shape index (κ3) is 4.86. The molecule has 2 heterocycles. The van der Waals surface area contributed by atoms with Crippen LogP contribution in [0.1, 0.15) is 0 Å². The van der Waals surface area contributed by atoms with Gasteiger partial charge in [0.25, 0.3) is 0 Å². The number of phenolic OH excluding ortho intramolecular Hbond substituents is 5. The molecule has 0 saturated carbocycles. The highest BCUT2D eigenvalue weighted by atomic mass is 16.4. The van der Waals surface area contributed by atoms with E-state index in [1.807, 2.05) is 103 Å². The van der Waals surface area contributed by atoms with E-state index in [1.54, 1.807) is 0 Å². The molecule has 0 fully saturated rings. The molecule has 7 nitrogen and oxygen atoms in total. The number of benzene rings is 10. The summed E-state index contributed by atoms with van der Waals surface area (Å²) < 4.78 is 13.2. The number of aromatic hydroxyl groups is 5. The van der Waals surface area contributed by atoms with E-state index in [2.05, 4.69) is 60.7 Å². The van der Waals surface area contributed by atoms with Gasteiger partial charge in [0.15, 0.2) is 11.5 Å². The number of hydrogen-bond donors (Lipinski definition) is 5. The van der Waals surface area contributed by atoms with Crippen LogP contribution < -0.4 is 0 Å². The van der Waals surface area contributed by atoms with Crippen molar-refractivity contribution in [3.05, 3.63) is 164 Å². The Morgan fingerprint density at radius 3 is 1.49 bits per heavy atom. The Morgan fingerprint density at radius 1 is 0.295 bits per heavy atom. The van der Waals surface area contributed by atoms with Crippen LogP contribution >= 0.6 is 0 Å². The fraction of sp³-hybridized carbons (Fsp3) is 0. The number of phenols is 5. The van der Waals surface area contributed by atoms with Crippen LogP contribution in [-0.4, -0.2) is 25.5 Å². The van der Waals surface area contributed by atoms with E-state index in [4.69, 9.17) is 8.83 Å². The Labute approximate surface area is 346 Å². The first kappa shape index (κ1) is 34.6. The molecule has 0 atom stereocenters. The summed E-state index contributed by atoms with van der Waals surface area (Å²) in [6.07, 6.45) is 0. The molecule has 5 N–H and O–H groups in total. The maximum absolute atomic E-state index is 11.3. The van der Waals surface area contributed by atoms with Crippen LogP contribution in [0.15, 0.2) is 173 Å². The predicted octanol–water partition coefficient (Wildman–Crippen LogP) is 14.1. The van der Waals surface area contributed by atoms with Crippen molar-refractivity contribution in [1.29, 1.82) is 0 Å². The summed E-state index contributed by atoms with van der Waals surface area (Å²) in [6.45, 7) is 0. The smallest absolute Gasteiger partial charge is 0.208 e. The lowest BCUT2D eigenvalue weighted by atomic mass is 9.82. The number of para-hydroxylation sites is 3. The molecule has 0 aliphatic rings. The summed E-state index contributed by atoms with van der Waals surface area (Å²) in [5, 5.41) is 63.4. The SMILES string of the molecule is Oc1c(O)c(O)c(-c2c3ccccc3c(-c3cc(-c4c(-c5cccc6c5oc5ccccc56)ccc5oc6ccccc6c45)cc4ccccc34)c3ccccc23)c(O)c1O. The molecule has 0 saturated heterocycles. The van der Waals surface area contributed by atoms with Gasteiger partial charge in [-0.2, -0.15) is 0 Å². The van der Waals surface area contributed by atoms with Gasteiger partial charge >= 0.3 is 0 Å². The minimum Gasteiger partial charge on any atom is -0.504 e. The maximum atomic E-state index is 11.3. The number of fused-ring (bicyclic) bond motifs is 9. The van der Waals surface area contributed by atoms with E-state index in [-0.39, 0.29) is 5.56 Å². The molecule has 0 unspecified atom stereocenters. The Balaban J connectivity index is 1.23. The normalized spacial score (nSPS) is 11.9. The van der Waals surface area contributed by atoms with Crippen molar-refractivity contribution >= 4 is 76.2 Å². The number of furan rings is 2. The van der Waals surface area contributed by atoms with Crippen molar-refractivity contribution in [2.75, 3.05) is 0 Å². The fourth-order valence-corrected chi connectivity index (χ4v) is 9.57. The molecule has 0 amide bonds. The Morgan fingerprint density at radius 2 is 0.820 bits per heavy atom. The third-order valence-corrected chi connectivity index (χ3v) is 12.2. The third-order valence-electron chi connectivity index (χ3n) is 12.2. The molecule has 0 spiro atoms. The van der Waals surface area contributed by atoms with E-state index in [0.29, 0.717) is 16.3 Å². The fourth-order valence-electron chi connectivity index (χ4n) is 9.57. The zero-order valence-corrected chi connectivity index (χ0v) is 32.1. The Kier molecular flexibility index (Phi) is 7.25. The van der Waals surface area contributed by atoms with Crippen LogP contribution in [0, 0.1) is 0 Å². The molecule has 0 bridgehead atoms. The van der Waals surface area contributed by atoms with Crippen molar-refractivity contribution in [3.63, 3.8) is 0 Å². The van der Waals surface area contributed by atoms with Crippen LogP contribution in [0.5, 0.6) is 28.7 Å². The average Bonchev–Trinajstić information content (AvgIpc) is 3.88. The number of rotatable bonds is 4. The van der Waals surface area contributed by atoms with Gasteiger partial charge < -0.3 is 34.4 Å². The molecular weight excluding hydrogens is 761 g/mol. The van der Waals surface area contributed by atoms with Gasteiger partial charge in [0.1, 0.15) is 22.3 Å². The van der Waals surface area contributed by atoms with E-state index < -0.39 is 28.7 Å². The molecule has 10 aromatic carbocycles. The molecule has 12 rings (SSSR count). The van der Waals surface area contributed by atoms with E-state index in [9.17, 15) is 25.5 Å². The quantitative estimate of drug-likeness (QED) is 0.0682. The lowest BCUT2D eigenvalue weighted by Crippen LogP contribution is -1.94. The highest BCUT2D eigenvalue weighted by Gasteiger charge is 2.29. The van der Waals surface area contributed by atoms with Crippen molar-refractivity contribution in [2.24, 2.45) is 0 Å². The first-order valence-corrected chi connectivity index (χ1v) is 19.9. The summed E-state index contributed by atoms with van der Waals surface area (Å²) in [4.78, 5) is 0. The van der Waals surface area contributed by atoms with E-state index in [0.717, 1.165) is 98.8 Å². The second-order valence-corrected chi connectivity index (χ2v) is 15.4. The summed E-state index contributed by atoms with van der Waals surface area (Å²) in [7, 11) is 0. The van der Waals surface area contributed by atoms with Crippen molar-refractivity contribution in [1.82, 2.24) is 0 Å². The van der Waals surface area contributed by atoms with Gasteiger partial charge in [0, 0.05) is 38.2 Å². The maximum Gasteiger partial charge on any atom is 0.208 e. The topological polar surface area (TPSA) is 127 Å². The highest BCUT2D eigenvalue weighted by molar-refractivity contribution is 6.26. The molecule has 2 aromatic heterocycles. The summed E-state index contributed by atoms with van der Waals surface area (Å²) in [6, 6.07) is 54.8. The highest BCUT2D eigenvalue weighted by Crippen LogP contribution is 2.58. The zero-order chi connectivity index (χ0) is 41.1. The first-order valence-electron chi connectivity index (χ1n) is 19.9. The molecule has 290 valence electrons. The molecule has 61 heavy (non-hydrogen) atoms. The van der Waals surface area contributed by atoms with Crippen LogP contribution in [0.4, 0.5) is 0 Å². The van der Waals surface area contributed by atoms with E-state index in [1.165, 1.54) is 0 Å². The van der Waals surface area contributed by atoms with Gasteiger partial charge in [-0.15, -0.1) is 0 Å². The van der Waals surface area contributed by atoms with Crippen molar-refractivity contribution in [3.8, 4) is 73.3 Å². The number of hydrogen-bond acceptors (Lipinski definition) is 7. The van der Waals surface area contributed by atoms with Crippen LogP contribution in [0.2, 0.25) is 0 Å². The summed E-state index contributed by atoms with van der Waals surface area (Å²) in [5.74, 6) is -4.39. The zero-order valence-electron chi connectivity index (χ0n) is 32.1. The van der Waals surface area contributed by atoms with Gasteiger partial charge in [-0.25, -0.2) is 0 Å². The summed E-state index contributed by atoms with van der Waals surface area (Å²) >= 11 is 0. The van der Waals surface area contributed by atoms with Crippen molar-refractivity contribution < 1.29 is 34.4 Å². The van der Waals surface area contributed by atoms with Crippen LogP contribution in [-0.2, 0) is 0 Å². The van der Waals surface area contributed by atoms with Crippen LogP contribution in [0.25, 0.3) is 121 Å². The molecule has 7 heteroatoms.